The zero-order valence-electron chi connectivity index (χ0n) is 32.4. The number of allylic oxidation sites excluding steroid dienone is 4. The third-order valence-electron chi connectivity index (χ3n) is 12.5. The van der Waals surface area contributed by atoms with E-state index in [-0.39, 0.29) is 12.2 Å². The molecule has 0 atom stereocenters. The van der Waals surface area contributed by atoms with Gasteiger partial charge in [-0.15, -0.1) is 0 Å². The molecule has 260 valence electrons. The minimum Gasteiger partial charge on any atom is -0.475 e. The minimum absolute atomic E-state index is 0.0647. The first-order valence-electron chi connectivity index (χ1n) is 18.8. The maximum absolute atomic E-state index is 6.22. The van der Waals surface area contributed by atoms with Crippen molar-refractivity contribution in [2.24, 2.45) is 0 Å². The van der Waals surface area contributed by atoms with Gasteiger partial charge >= 0.3 is 0 Å². The van der Waals surface area contributed by atoms with Gasteiger partial charge in [-0.25, -0.2) is 0 Å². The molecule has 0 saturated carbocycles. The highest BCUT2D eigenvalue weighted by atomic mass is 28.3. The first-order valence-corrected chi connectivity index (χ1v) is 23.2. The van der Waals surface area contributed by atoms with Crippen LogP contribution in [0.5, 0.6) is 0 Å². The van der Waals surface area contributed by atoms with E-state index >= 15 is 0 Å². The molecule has 2 aliphatic heterocycles. The number of ether oxygens (including phenoxy) is 2. The normalized spacial score (nSPS) is 18.3. The second-order valence-corrected chi connectivity index (χ2v) is 27.3. The molecule has 0 fully saturated rings. The summed E-state index contributed by atoms with van der Waals surface area (Å²) in [5, 5.41) is 9.75. The van der Waals surface area contributed by atoms with Crippen molar-refractivity contribution in [3.8, 4) is 11.1 Å². The van der Waals surface area contributed by atoms with Gasteiger partial charge < -0.3 is 9.47 Å². The topological polar surface area (TPSA) is 18.5 Å². The fraction of sp³-hybridized carbons (Fsp3) is 0.391. The van der Waals surface area contributed by atoms with Gasteiger partial charge in [0.2, 0.25) is 0 Å². The van der Waals surface area contributed by atoms with Gasteiger partial charge in [-0.1, -0.05) is 155 Å². The molecule has 0 radical (unpaired) electrons. The quantitative estimate of drug-likeness (QED) is 0.0790. The van der Waals surface area contributed by atoms with E-state index in [0.717, 1.165) is 0 Å². The Morgan fingerprint density at radius 2 is 1.12 bits per heavy atom. The van der Waals surface area contributed by atoms with Crippen LogP contribution < -0.4 is 5.19 Å². The molecule has 0 N–H and O–H groups in total. The van der Waals surface area contributed by atoms with Crippen LogP contribution in [0.25, 0.3) is 38.2 Å². The van der Waals surface area contributed by atoms with Crippen molar-refractivity contribution in [2.45, 2.75) is 104 Å². The van der Waals surface area contributed by atoms with Crippen molar-refractivity contribution in [3.63, 3.8) is 0 Å². The summed E-state index contributed by atoms with van der Waals surface area (Å²) < 4.78 is 11.6. The maximum atomic E-state index is 6.22. The largest absolute Gasteiger partial charge is 0.475 e. The highest BCUT2D eigenvalue weighted by Crippen LogP contribution is 2.70. The Kier molecular flexibility index (Phi) is 8.64. The Morgan fingerprint density at radius 3 is 1.66 bits per heavy atom. The second-order valence-electron chi connectivity index (χ2n) is 17.2. The molecule has 1 aliphatic carbocycles. The molecule has 2 heterocycles. The Morgan fingerprint density at radius 1 is 0.600 bits per heavy atom. The Labute approximate surface area is 303 Å². The molecule has 3 aliphatic rings. The molecule has 0 bridgehead atoms. The van der Waals surface area contributed by atoms with E-state index in [0.29, 0.717) is 22.2 Å². The van der Waals surface area contributed by atoms with Gasteiger partial charge in [0.15, 0.2) is 6.79 Å². The molecule has 0 amide bonds. The Balaban J connectivity index is 1.78. The molecular formula is C46H56O2Si2. The highest BCUT2D eigenvalue weighted by molar-refractivity contribution is 7.17. The fourth-order valence-electron chi connectivity index (χ4n) is 11.1. The zero-order valence-corrected chi connectivity index (χ0v) is 34.4. The van der Waals surface area contributed by atoms with Gasteiger partial charge in [0.1, 0.15) is 16.1 Å². The first kappa shape index (κ1) is 35.0. The van der Waals surface area contributed by atoms with E-state index in [1.54, 1.807) is 44.6 Å². The van der Waals surface area contributed by atoms with Crippen LogP contribution >= 0.6 is 0 Å². The van der Waals surface area contributed by atoms with Crippen molar-refractivity contribution in [1.29, 1.82) is 0 Å². The average molecular weight is 697 g/mol. The Bertz CT molecular complexity index is 2070. The number of rotatable bonds is 8. The molecule has 7 rings (SSSR count). The number of methoxy groups -OCH3 is 1. The number of hydrogen-bond acceptors (Lipinski definition) is 2. The number of benzene rings is 4. The van der Waals surface area contributed by atoms with Gasteiger partial charge in [-0.3, -0.25) is 0 Å². The molecular weight excluding hydrogens is 641 g/mol. The Hall–Kier alpha value is -3.45. The average Bonchev–Trinajstić information content (AvgIpc) is 3.67. The van der Waals surface area contributed by atoms with Gasteiger partial charge in [-0.05, 0) is 98.1 Å². The van der Waals surface area contributed by atoms with E-state index in [4.69, 9.17) is 9.47 Å². The molecule has 4 heteroatoms. The minimum atomic E-state index is -2.51. The lowest BCUT2D eigenvalue weighted by atomic mass is 9.78. The summed E-state index contributed by atoms with van der Waals surface area (Å²) in [5.74, 6) is 0. The summed E-state index contributed by atoms with van der Waals surface area (Å²) in [6.45, 7) is 28.1. The molecule has 0 spiro atoms. The van der Waals surface area contributed by atoms with Crippen molar-refractivity contribution >= 4 is 48.4 Å². The van der Waals surface area contributed by atoms with Crippen LogP contribution in [0.15, 0.2) is 95.5 Å². The first-order chi connectivity index (χ1) is 23.8. The van der Waals surface area contributed by atoms with Crippen LogP contribution in [-0.4, -0.2) is 30.1 Å². The van der Waals surface area contributed by atoms with Gasteiger partial charge in [0.05, 0.1) is 6.26 Å². The van der Waals surface area contributed by atoms with E-state index in [1.807, 2.05) is 0 Å². The summed E-state index contributed by atoms with van der Waals surface area (Å²) in [6.07, 6.45) is 2.06. The van der Waals surface area contributed by atoms with Crippen molar-refractivity contribution in [2.75, 3.05) is 13.9 Å². The highest BCUT2D eigenvalue weighted by Gasteiger charge is 2.66. The summed E-state index contributed by atoms with van der Waals surface area (Å²) >= 11 is 0. The molecule has 2 nitrogen and oxygen atoms in total. The summed E-state index contributed by atoms with van der Waals surface area (Å²) in [4.78, 5) is 0. The molecule has 0 aromatic heterocycles. The van der Waals surface area contributed by atoms with Crippen molar-refractivity contribution in [1.82, 2.24) is 0 Å². The smallest absolute Gasteiger partial charge is 0.187 e. The maximum Gasteiger partial charge on any atom is 0.187 e. The lowest BCUT2D eigenvalue weighted by Gasteiger charge is -2.44. The van der Waals surface area contributed by atoms with E-state index < -0.39 is 16.1 Å². The van der Waals surface area contributed by atoms with E-state index in [1.165, 1.54) is 38.6 Å². The fourth-order valence-corrected chi connectivity index (χ4v) is 25.7. The predicted molar refractivity (Wildman–Crippen MR) is 221 cm³/mol. The molecule has 4 aromatic rings. The number of hydrogen-bond donors (Lipinski definition) is 0. The van der Waals surface area contributed by atoms with Crippen LogP contribution in [0, 0.1) is 0 Å². The summed E-state index contributed by atoms with van der Waals surface area (Å²) in [7, 11) is -3.29. The third kappa shape index (κ3) is 4.47. The van der Waals surface area contributed by atoms with Crippen LogP contribution in [-0.2, 0) is 14.9 Å². The van der Waals surface area contributed by atoms with Crippen molar-refractivity contribution < 1.29 is 9.47 Å². The van der Waals surface area contributed by atoms with Crippen LogP contribution in [0.3, 0.4) is 0 Å². The predicted octanol–water partition coefficient (Wildman–Crippen LogP) is 12.4. The van der Waals surface area contributed by atoms with Gasteiger partial charge in [-0.2, -0.15) is 0 Å². The monoisotopic (exact) mass is 696 g/mol. The molecule has 0 saturated heterocycles. The van der Waals surface area contributed by atoms with Gasteiger partial charge in [0, 0.05) is 12.7 Å². The molecule has 4 aromatic carbocycles. The van der Waals surface area contributed by atoms with Gasteiger partial charge in [0.25, 0.3) is 0 Å². The van der Waals surface area contributed by atoms with Crippen LogP contribution in [0.2, 0.25) is 22.2 Å². The summed E-state index contributed by atoms with van der Waals surface area (Å²) in [6, 6.07) is 30.0. The van der Waals surface area contributed by atoms with E-state index in [9.17, 15) is 0 Å². The number of fused-ring (bicyclic) bond motifs is 7. The SMILES string of the molecule is COCO/C=C1/C2=C(C3=C(c4c(c(C(C)(C)C)c(-c5ccccc5)c5ccccc45)[Si]3(C(C)C)C(C)C)[Si]2(C(C)C)C(C)C)c2ccccc21. The second kappa shape index (κ2) is 12.4. The van der Waals surface area contributed by atoms with E-state index in [2.05, 4.69) is 161 Å². The molecule has 50 heavy (non-hydrogen) atoms. The zero-order chi connectivity index (χ0) is 35.9. The van der Waals surface area contributed by atoms with Crippen LogP contribution in [0.4, 0.5) is 0 Å². The van der Waals surface area contributed by atoms with Crippen LogP contribution in [0.1, 0.15) is 98.4 Å². The standard InChI is InChI=1S/C46H56O2Si2/c1-28(2)49(29(3)4)42-37(26-48-27-47-12)33-22-16-17-23-34(33)39(42)44-45(49)40-36-25-19-18-24-35(36)38(32-20-14-13-15-21-32)41(46(9,10)11)43(40)50(44,30(5)6)31(7)8/h13-26,28-31H,27H2,1-12H3/b37-26+. The summed E-state index contributed by atoms with van der Waals surface area (Å²) in [5.41, 5.74) is 13.5. The molecule has 0 unspecified atom stereocenters. The third-order valence-corrected chi connectivity index (χ3v) is 25.3. The lowest BCUT2D eigenvalue weighted by Crippen LogP contribution is -2.56. The lowest BCUT2D eigenvalue weighted by molar-refractivity contribution is 0.0205. The van der Waals surface area contributed by atoms with Crippen molar-refractivity contribution in [3.05, 3.63) is 118 Å².